The van der Waals surface area contributed by atoms with Crippen molar-refractivity contribution in [1.29, 1.82) is 0 Å². The molecule has 26 heavy (non-hydrogen) atoms. The second kappa shape index (κ2) is 7.39. The molecule has 1 aromatic carbocycles. The highest BCUT2D eigenvalue weighted by Gasteiger charge is 2.23. The molecular weight excluding hydrogens is 391 g/mol. The van der Waals surface area contributed by atoms with Crippen molar-refractivity contribution < 1.29 is 4.79 Å². The van der Waals surface area contributed by atoms with E-state index in [0.29, 0.717) is 29.6 Å². The first-order chi connectivity index (χ1) is 12.6. The van der Waals surface area contributed by atoms with Gasteiger partial charge in [0.15, 0.2) is 5.13 Å². The van der Waals surface area contributed by atoms with E-state index < -0.39 is 0 Å². The molecule has 0 aliphatic carbocycles. The van der Waals surface area contributed by atoms with Crippen molar-refractivity contribution in [2.75, 3.05) is 31.1 Å². The molecule has 0 radical (unpaired) electrons. The monoisotopic (exact) mass is 406 g/mol. The number of nitrogens with zero attached hydrogens (tertiary/aromatic N) is 4. The normalized spacial score (nSPS) is 14.8. The summed E-state index contributed by atoms with van der Waals surface area (Å²) in [5.74, 6) is 0.106. The standard InChI is InChI=1S/C18H16Cl2N4OS/c19-13-4-3-12(10-14(13)20)11-16(25)23-6-8-24(9-7-23)18-22-15-2-1-5-21-17(15)26-18/h1-5,10H,6-9,11H2. The molecule has 3 aromatic rings. The van der Waals surface area contributed by atoms with Crippen LogP contribution in [0.5, 0.6) is 0 Å². The lowest BCUT2D eigenvalue weighted by Gasteiger charge is -2.34. The fourth-order valence-corrected chi connectivity index (χ4v) is 4.26. The van der Waals surface area contributed by atoms with E-state index >= 15 is 0 Å². The van der Waals surface area contributed by atoms with Gasteiger partial charge in [0.25, 0.3) is 0 Å². The fourth-order valence-electron chi connectivity index (χ4n) is 2.98. The second-order valence-electron chi connectivity index (χ2n) is 6.12. The van der Waals surface area contributed by atoms with Gasteiger partial charge >= 0.3 is 0 Å². The summed E-state index contributed by atoms with van der Waals surface area (Å²) in [4.78, 5) is 26.6. The summed E-state index contributed by atoms with van der Waals surface area (Å²) < 4.78 is 0. The molecule has 1 amide bonds. The van der Waals surface area contributed by atoms with Crippen LogP contribution in [0.2, 0.25) is 10.0 Å². The maximum Gasteiger partial charge on any atom is 0.227 e. The Hall–Kier alpha value is -1.89. The van der Waals surface area contributed by atoms with Gasteiger partial charge < -0.3 is 9.80 Å². The van der Waals surface area contributed by atoms with E-state index in [2.05, 4.69) is 14.9 Å². The number of hydrogen-bond acceptors (Lipinski definition) is 5. The van der Waals surface area contributed by atoms with Crippen molar-refractivity contribution in [1.82, 2.24) is 14.9 Å². The SMILES string of the molecule is O=C(Cc1ccc(Cl)c(Cl)c1)N1CCN(c2nc3cccnc3s2)CC1. The molecule has 1 aliphatic heterocycles. The van der Waals surface area contributed by atoms with Gasteiger partial charge in [-0.25, -0.2) is 9.97 Å². The van der Waals surface area contributed by atoms with Crippen molar-refractivity contribution in [2.24, 2.45) is 0 Å². The van der Waals surface area contributed by atoms with E-state index in [4.69, 9.17) is 23.2 Å². The minimum atomic E-state index is 0.106. The van der Waals surface area contributed by atoms with Crippen LogP contribution in [0, 0.1) is 0 Å². The van der Waals surface area contributed by atoms with Crippen molar-refractivity contribution in [3.05, 3.63) is 52.1 Å². The fraction of sp³-hybridized carbons (Fsp3) is 0.278. The van der Waals surface area contributed by atoms with Crippen LogP contribution in [0.25, 0.3) is 10.3 Å². The topological polar surface area (TPSA) is 49.3 Å². The highest BCUT2D eigenvalue weighted by molar-refractivity contribution is 7.21. The predicted octanol–water partition coefficient (Wildman–Crippen LogP) is 3.89. The van der Waals surface area contributed by atoms with E-state index in [9.17, 15) is 4.79 Å². The van der Waals surface area contributed by atoms with Crippen molar-refractivity contribution in [3.63, 3.8) is 0 Å². The number of anilines is 1. The zero-order valence-electron chi connectivity index (χ0n) is 13.9. The molecule has 8 heteroatoms. The lowest BCUT2D eigenvalue weighted by Crippen LogP contribution is -2.49. The number of carbonyl (C=O) groups is 1. The summed E-state index contributed by atoms with van der Waals surface area (Å²) in [6, 6.07) is 9.19. The average molecular weight is 407 g/mol. The smallest absolute Gasteiger partial charge is 0.227 e. The first-order valence-electron chi connectivity index (χ1n) is 8.28. The summed E-state index contributed by atoms with van der Waals surface area (Å²) in [6.07, 6.45) is 2.12. The van der Waals surface area contributed by atoms with Gasteiger partial charge in [-0.15, -0.1) is 0 Å². The van der Waals surface area contributed by atoms with E-state index in [1.54, 1.807) is 29.7 Å². The molecule has 3 heterocycles. The van der Waals surface area contributed by atoms with Gasteiger partial charge in [-0.2, -0.15) is 0 Å². The number of carbonyl (C=O) groups excluding carboxylic acids is 1. The number of amides is 1. The third-order valence-electron chi connectivity index (χ3n) is 4.40. The van der Waals surface area contributed by atoms with Gasteiger partial charge in [0.2, 0.25) is 5.91 Å². The minimum Gasteiger partial charge on any atom is -0.344 e. The summed E-state index contributed by atoms with van der Waals surface area (Å²) in [6.45, 7) is 2.91. The Morgan fingerprint density at radius 1 is 1.12 bits per heavy atom. The number of thiazole rings is 1. The predicted molar refractivity (Wildman–Crippen MR) is 106 cm³/mol. The van der Waals surface area contributed by atoms with Crippen LogP contribution in [0.15, 0.2) is 36.5 Å². The quantitative estimate of drug-likeness (QED) is 0.661. The van der Waals surface area contributed by atoms with E-state index in [1.807, 2.05) is 23.1 Å². The minimum absolute atomic E-state index is 0.106. The van der Waals surface area contributed by atoms with E-state index in [-0.39, 0.29) is 5.91 Å². The van der Waals surface area contributed by atoms with Crippen LogP contribution < -0.4 is 4.90 Å². The molecule has 1 saturated heterocycles. The Balaban J connectivity index is 1.38. The van der Waals surface area contributed by atoms with Crippen LogP contribution in [0.4, 0.5) is 5.13 Å². The first-order valence-corrected chi connectivity index (χ1v) is 9.85. The molecular formula is C18H16Cl2N4OS. The number of pyridine rings is 1. The van der Waals surface area contributed by atoms with Crippen molar-refractivity contribution in [3.8, 4) is 0 Å². The molecule has 1 fully saturated rings. The average Bonchev–Trinajstić information content (AvgIpc) is 3.09. The number of aromatic nitrogens is 2. The summed E-state index contributed by atoms with van der Waals surface area (Å²) in [5.41, 5.74) is 1.80. The summed E-state index contributed by atoms with van der Waals surface area (Å²) in [5, 5.41) is 1.95. The number of piperazine rings is 1. The molecule has 1 aliphatic rings. The van der Waals surface area contributed by atoms with Crippen LogP contribution in [0.3, 0.4) is 0 Å². The summed E-state index contributed by atoms with van der Waals surface area (Å²) in [7, 11) is 0. The molecule has 4 rings (SSSR count). The molecule has 2 aromatic heterocycles. The zero-order chi connectivity index (χ0) is 18.1. The molecule has 134 valence electrons. The van der Waals surface area contributed by atoms with Crippen LogP contribution in [0.1, 0.15) is 5.56 Å². The van der Waals surface area contributed by atoms with Gasteiger partial charge in [-0.1, -0.05) is 40.6 Å². The number of rotatable bonds is 3. The highest BCUT2D eigenvalue weighted by Crippen LogP contribution is 2.28. The molecule has 0 N–H and O–H groups in total. The van der Waals surface area contributed by atoms with Crippen LogP contribution >= 0.6 is 34.5 Å². The number of fused-ring (bicyclic) bond motifs is 1. The van der Waals surface area contributed by atoms with Crippen LogP contribution in [-0.4, -0.2) is 47.0 Å². The Labute approximate surface area is 165 Å². The zero-order valence-corrected chi connectivity index (χ0v) is 16.2. The number of hydrogen-bond donors (Lipinski definition) is 0. The third kappa shape index (κ3) is 3.63. The molecule has 0 atom stereocenters. The lowest BCUT2D eigenvalue weighted by atomic mass is 10.1. The lowest BCUT2D eigenvalue weighted by molar-refractivity contribution is -0.130. The van der Waals surface area contributed by atoms with Crippen LogP contribution in [-0.2, 0) is 11.2 Å². The largest absolute Gasteiger partial charge is 0.344 e. The Kier molecular flexibility index (Phi) is 4.98. The van der Waals surface area contributed by atoms with Gasteiger partial charge in [0, 0.05) is 32.4 Å². The van der Waals surface area contributed by atoms with Gasteiger partial charge in [-0.05, 0) is 29.8 Å². The van der Waals surface area contributed by atoms with Crippen molar-refractivity contribution >= 4 is 55.9 Å². The molecule has 0 bridgehead atoms. The molecule has 0 spiro atoms. The maximum atomic E-state index is 12.6. The molecule has 0 saturated carbocycles. The van der Waals surface area contributed by atoms with E-state index in [1.165, 1.54) is 0 Å². The highest BCUT2D eigenvalue weighted by atomic mass is 35.5. The third-order valence-corrected chi connectivity index (χ3v) is 6.18. The maximum absolute atomic E-state index is 12.6. The Bertz CT molecular complexity index is 920. The summed E-state index contributed by atoms with van der Waals surface area (Å²) >= 11 is 13.5. The number of benzene rings is 1. The Morgan fingerprint density at radius 3 is 2.65 bits per heavy atom. The molecule has 0 unspecified atom stereocenters. The van der Waals surface area contributed by atoms with Gasteiger partial charge in [-0.3, -0.25) is 4.79 Å². The Morgan fingerprint density at radius 2 is 1.92 bits per heavy atom. The van der Waals surface area contributed by atoms with Gasteiger partial charge in [0.1, 0.15) is 10.3 Å². The van der Waals surface area contributed by atoms with Gasteiger partial charge in [0.05, 0.1) is 16.5 Å². The first kappa shape index (κ1) is 17.5. The second-order valence-corrected chi connectivity index (χ2v) is 7.89. The van der Waals surface area contributed by atoms with Crippen molar-refractivity contribution in [2.45, 2.75) is 6.42 Å². The molecule has 5 nitrogen and oxygen atoms in total. The van der Waals surface area contributed by atoms with E-state index in [0.717, 1.165) is 34.1 Å². The number of halogens is 2.